The number of hydrogen-bond donors (Lipinski definition) is 0. The molecule has 0 amide bonds. The van der Waals surface area contributed by atoms with Crippen LogP contribution in [0.4, 0.5) is 0 Å². The zero-order valence-corrected chi connectivity index (χ0v) is 16.5. The number of benzene rings is 1. The van der Waals surface area contributed by atoms with Crippen LogP contribution >= 0.6 is 0 Å². The minimum Gasteiger partial charge on any atom is -0.361 e. The Bertz CT molecular complexity index is 929. The molecule has 2 fully saturated rings. The largest absolute Gasteiger partial charge is 0.361 e. The van der Waals surface area contributed by atoms with E-state index in [1.165, 1.54) is 18.4 Å². The Labute approximate surface area is 164 Å². The predicted octanol–water partition coefficient (Wildman–Crippen LogP) is 4.15. The minimum atomic E-state index is 0.351. The number of nitrogens with zero attached hydrogens (tertiary/aromatic N) is 4. The molecule has 2 aromatic heterocycles. The van der Waals surface area contributed by atoms with Crippen LogP contribution in [0.1, 0.15) is 65.5 Å². The molecule has 0 radical (unpaired) electrons. The molecule has 0 unspecified atom stereocenters. The van der Waals surface area contributed by atoms with Crippen LogP contribution in [0.2, 0.25) is 0 Å². The lowest BCUT2D eigenvalue weighted by atomic mass is 9.94. The zero-order chi connectivity index (χ0) is 19.1. The average molecular weight is 378 g/mol. The second-order valence-electron chi connectivity index (χ2n) is 8.07. The molecule has 146 valence electrons. The van der Waals surface area contributed by atoms with Crippen molar-refractivity contribution in [2.75, 3.05) is 6.54 Å². The van der Waals surface area contributed by atoms with E-state index in [2.05, 4.69) is 45.5 Å². The molecule has 0 bridgehead atoms. The lowest BCUT2D eigenvalue weighted by Gasteiger charge is -2.24. The first-order valence-corrected chi connectivity index (χ1v) is 10.3. The van der Waals surface area contributed by atoms with Crippen LogP contribution in [-0.4, -0.2) is 32.8 Å². The minimum absolute atomic E-state index is 0.351. The summed E-state index contributed by atoms with van der Waals surface area (Å²) in [7, 11) is 0. The lowest BCUT2D eigenvalue weighted by molar-refractivity contribution is 0.243. The second-order valence-corrected chi connectivity index (χ2v) is 8.07. The second kappa shape index (κ2) is 7.17. The van der Waals surface area contributed by atoms with Crippen molar-refractivity contribution in [3.05, 3.63) is 64.6 Å². The standard InChI is InChI=1S/C22H26N4O2/c1-14-17(15(2)27-24-14)10-11-21-23-22(25-28-21)18-13-20(16-7-4-3-5-8-16)26-12-6-9-19(18)26/h3-5,7-8,18-20H,6,9-13H2,1-2H3/t18-,19+,20-/m1/s1. The van der Waals surface area contributed by atoms with Gasteiger partial charge in [0, 0.05) is 30.0 Å². The van der Waals surface area contributed by atoms with Gasteiger partial charge in [0.25, 0.3) is 0 Å². The summed E-state index contributed by atoms with van der Waals surface area (Å²) in [5.41, 5.74) is 3.49. The number of aromatic nitrogens is 3. The zero-order valence-electron chi connectivity index (χ0n) is 16.5. The Morgan fingerprint density at radius 3 is 2.71 bits per heavy atom. The SMILES string of the molecule is Cc1noc(C)c1CCc1nc([C@@H]2C[C@H](c3ccccc3)N3CCC[C@@H]23)no1. The third-order valence-corrected chi connectivity index (χ3v) is 6.45. The van der Waals surface area contributed by atoms with Gasteiger partial charge in [0.1, 0.15) is 5.76 Å². The number of aryl methyl sites for hydroxylation is 3. The van der Waals surface area contributed by atoms with Crippen LogP contribution < -0.4 is 0 Å². The van der Waals surface area contributed by atoms with E-state index in [1.54, 1.807) is 0 Å². The maximum absolute atomic E-state index is 5.61. The van der Waals surface area contributed by atoms with E-state index >= 15 is 0 Å². The monoisotopic (exact) mass is 378 g/mol. The third-order valence-electron chi connectivity index (χ3n) is 6.45. The normalized spacial score (nSPS) is 24.7. The van der Waals surface area contributed by atoms with E-state index in [4.69, 9.17) is 14.0 Å². The summed E-state index contributed by atoms with van der Waals surface area (Å²) in [4.78, 5) is 7.44. The van der Waals surface area contributed by atoms with E-state index in [0.717, 1.165) is 48.6 Å². The molecular weight excluding hydrogens is 352 g/mol. The van der Waals surface area contributed by atoms with Gasteiger partial charge in [-0.05, 0) is 51.6 Å². The molecular formula is C22H26N4O2. The molecule has 5 rings (SSSR count). The van der Waals surface area contributed by atoms with Gasteiger partial charge < -0.3 is 9.05 Å². The van der Waals surface area contributed by atoms with Crippen molar-refractivity contribution in [2.45, 2.75) is 64.0 Å². The van der Waals surface area contributed by atoms with Crippen molar-refractivity contribution in [1.29, 1.82) is 0 Å². The molecule has 2 aliphatic heterocycles. The Kier molecular flexibility index (Phi) is 4.51. The first-order chi connectivity index (χ1) is 13.7. The van der Waals surface area contributed by atoms with Crippen molar-refractivity contribution in [3.8, 4) is 0 Å². The Hall–Kier alpha value is -2.47. The molecule has 0 spiro atoms. The molecule has 0 aliphatic carbocycles. The number of hydrogen-bond acceptors (Lipinski definition) is 6. The molecule has 6 heteroatoms. The maximum atomic E-state index is 5.61. The molecule has 28 heavy (non-hydrogen) atoms. The number of fused-ring (bicyclic) bond motifs is 1. The van der Waals surface area contributed by atoms with Gasteiger partial charge in [0.2, 0.25) is 5.89 Å². The van der Waals surface area contributed by atoms with Gasteiger partial charge in [-0.3, -0.25) is 4.90 Å². The van der Waals surface area contributed by atoms with Gasteiger partial charge in [-0.25, -0.2) is 0 Å². The molecule has 0 saturated carbocycles. The van der Waals surface area contributed by atoms with Crippen molar-refractivity contribution in [3.63, 3.8) is 0 Å². The highest BCUT2D eigenvalue weighted by molar-refractivity contribution is 5.25. The summed E-state index contributed by atoms with van der Waals surface area (Å²) in [5.74, 6) is 2.82. The van der Waals surface area contributed by atoms with Gasteiger partial charge in [0.05, 0.1) is 5.69 Å². The fourth-order valence-electron chi connectivity index (χ4n) is 5.06. The molecule has 6 nitrogen and oxygen atoms in total. The first-order valence-electron chi connectivity index (χ1n) is 10.3. The fraction of sp³-hybridized carbons (Fsp3) is 0.500. The van der Waals surface area contributed by atoms with Crippen LogP contribution in [0, 0.1) is 13.8 Å². The van der Waals surface area contributed by atoms with E-state index in [1.807, 2.05) is 13.8 Å². The van der Waals surface area contributed by atoms with Gasteiger partial charge in [-0.1, -0.05) is 40.6 Å². The van der Waals surface area contributed by atoms with Crippen LogP contribution in [0.5, 0.6) is 0 Å². The predicted molar refractivity (Wildman–Crippen MR) is 104 cm³/mol. The quantitative estimate of drug-likeness (QED) is 0.664. The van der Waals surface area contributed by atoms with Gasteiger partial charge in [-0.2, -0.15) is 4.98 Å². The molecule has 3 atom stereocenters. The van der Waals surface area contributed by atoms with Crippen molar-refractivity contribution >= 4 is 0 Å². The highest BCUT2D eigenvalue weighted by Gasteiger charge is 2.46. The van der Waals surface area contributed by atoms with Crippen molar-refractivity contribution in [1.82, 2.24) is 20.2 Å². The molecule has 2 aliphatic rings. The third kappa shape index (κ3) is 3.05. The smallest absolute Gasteiger partial charge is 0.226 e. The Balaban J connectivity index is 1.32. The summed E-state index contributed by atoms with van der Waals surface area (Å²) < 4.78 is 10.9. The molecule has 0 N–H and O–H groups in total. The van der Waals surface area contributed by atoms with Crippen molar-refractivity contribution < 1.29 is 9.05 Å². The van der Waals surface area contributed by atoms with E-state index < -0.39 is 0 Å². The van der Waals surface area contributed by atoms with Crippen molar-refractivity contribution in [2.24, 2.45) is 0 Å². The summed E-state index contributed by atoms with van der Waals surface area (Å²) in [6, 6.07) is 11.8. The lowest BCUT2D eigenvalue weighted by Crippen LogP contribution is -2.27. The van der Waals surface area contributed by atoms with E-state index in [-0.39, 0.29) is 0 Å². The highest BCUT2D eigenvalue weighted by Crippen LogP contribution is 2.48. The van der Waals surface area contributed by atoms with Crippen LogP contribution in [-0.2, 0) is 12.8 Å². The Morgan fingerprint density at radius 2 is 1.93 bits per heavy atom. The van der Waals surface area contributed by atoms with Crippen LogP contribution in [0.25, 0.3) is 0 Å². The summed E-state index contributed by atoms with van der Waals surface area (Å²) >= 11 is 0. The summed E-state index contributed by atoms with van der Waals surface area (Å²) in [6.45, 7) is 5.09. The molecule has 3 aromatic rings. The maximum Gasteiger partial charge on any atom is 0.226 e. The summed E-state index contributed by atoms with van der Waals surface area (Å²) in [6.07, 6.45) is 5.07. The molecule has 2 saturated heterocycles. The first kappa shape index (κ1) is 17.6. The molecule has 4 heterocycles. The van der Waals surface area contributed by atoms with E-state index in [0.29, 0.717) is 23.9 Å². The summed E-state index contributed by atoms with van der Waals surface area (Å²) in [5, 5.41) is 8.40. The van der Waals surface area contributed by atoms with Gasteiger partial charge in [0.15, 0.2) is 5.82 Å². The average Bonchev–Trinajstić information content (AvgIpc) is 3.47. The van der Waals surface area contributed by atoms with Gasteiger partial charge in [-0.15, -0.1) is 0 Å². The fourth-order valence-corrected chi connectivity index (χ4v) is 5.06. The highest BCUT2D eigenvalue weighted by atomic mass is 16.5. The topological polar surface area (TPSA) is 68.2 Å². The van der Waals surface area contributed by atoms with Crippen LogP contribution in [0.3, 0.4) is 0 Å². The van der Waals surface area contributed by atoms with Crippen LogP contribution in [0.15, 0.2) is 39.4 Å². The molecule has 1 aromatic carbocycles. The van der Waals surface area contributed by atoms with Gasteiger partial charge >= 0.3 is 0 Å². The Morgan fingerprint density at radius 1 is 1.07 bits per heavy atom. The van der Waals surface area contributed by atoms with E-state index in [9.17, 15) is 0 Å². The number of rotatable bonds is 5.